The van der Waals surface area contributed by atoms with Gasteiger partial charge in [0, 0.05) is 20.0 Å². The van der Waals surface area contributed by atoms with Gasteiger partial charge in [-0.1, -0.05) is 30.3 Å². The topological polar surface area (TPSA) is 54.9 Å². The third-order valence-corrected chi connectivity index (χ3v) is 4.19. The molecule has 2 aromatic rings. The van der Waals surface area contributed by atoms with Gasteiger partial charge in [0.15, 0.2) is 5.96 Å². The normalized spacial score (nSPS) is 15.6. The van der Waals surface area contributed by atoms with Crippen LogP contribution in [0, 0.1) is 0 Å². The second-order valence-electron chi connectivity index (χ2n) is 6.67. The predicted molar refractivity (Wildman–Crippen MR) is 120 cm³/mol. The second kappa shape index (κ2) is 10.4. The summed E-state index contributed by atoms with van der Waals surface area (Å²) in [6.07, 6.45) is 1.25. The smallest absolute Gasteiger partial charge is 0.191 e. The van der Waals surface area contributed by atoms with Crippen molar-refractivity contribution in [3.63, 3.8) is 0 Å². The number of rotatable bonds is 6. The first-order valence-corrected chi connectivity index (χ1v) is 9.08. The zero-order chi connectivity index (χ0) is 18.4. The van der Waals surface area contributed by atoms with Gasteiger partial charge in [-0.2, -0.15) is 0 Å². The summed E-state index contributed by atoms with van der Waals surface area (Å²) < 4.78 is 11.6. The van der Waals surface area contributed by atoms with E-state index in [4.69, 9.17) is 9.47 Å². The fourth-order valence-corrected chi connectivity index (χ4v) is 2.94. The van der Waals surface area contributed by atoms with Crippen LogP contribution < -0.4 is 20.1 Å². The maximum Gasteiger partial charge on any atom is 0.191 e. The average Bonchev–Trinajstić information content (AvgIpc) is 3.05. The number of fused-ring (bicyclic) bond motifs is 1. The molecule has 0 saturated heterocycles. The molecule has 0 radical (unpaired) electrons. The highest BCUT2D eigenvalue weighted by Crippen LogP contribution is 2.27. The van der Waals surface area contributed by atoms with Gasteiger partial charge in [-0.3, -0.25) is 4.99 Å². The van der Waals surface area contributed by atoms with Crippen molar-refractivity contribution in [2.45, 2.75) is 39.0 Å². The van der Waals surface area contributed by atoms with Gasteiger partial charge in [0.05, 0.1) is 12.6 Å². The first-order chi connectivity index (χ1) is 12.6. The molecule has 0 aromatic heterocycles. The molecule has 5 nitrogen and oxygen atoms in total. The molecule has 0 amide bonds. The fraction of sp³-hybridized carbons (Fsp3) is 0.381. The first-order valence-electron chi connectivity index (χ1n) is 9.08. The highest BCUT2D eigenvalue weighted by atomic mass is 127. The van der Waals surface area contributed by atoms with Gasteiger partial charge in [0.2, 0.25) is 0 Å². The quantitative estimate of drug-likeness (QED) is 0.375. The van der Waals surface area contributed by atoms with Gasteiger partial charge in [0.1, 0.15) is 17.6 Å². The molecule has 0 bridgehead atoms. The van der Waals surface area contributed by atoms with E-state index in [1.807, 2.05) is 38.1 Å². The minimum Gasteiger partial charge on any atom is -0.491 e. The minimum atomic E-state index is 0. The standard InChI is InChI=1S/C21H27N3O2.HI/c1-15(2)25-18-10-8-16(9-11-18)13-23-21(22-3)24-14-19-12-17-6-4-5-7-20(17)26-19;/h4-11,15,19H,12-14H2,1-3H3,(H2,22,23,24);1H. The molecular weight excluding hydrogens is 453 g/mol. The molecule has 2 aromatic carbocycles. The first kappa shape index (κ1) is 21.3. The van der Waals surface area contributed by atoms with Crippen molar-refractivity contribution in [1.29, 1.82) is 0 Å². The average molecular weight is 481 g/mol. The van der Waals surface area contributed by atoms with Crippen LogP contribution in [0.3, 0.4) is 0 Å². The van der Waals surface area contributed by atoms with Crippen molar-refractivity contribution in [2.24, 2.45) is 4.99 Å². The lowest BCUT2D eigenvalue weighted by Crippen LogP contribution is -2.41. The fourth-order valence-electron chi connectivity index (χ4n) is 2.94. The van der Waals surface area contributed by atoms with Gasteiger partial charge in [0.25, 0.3) is 0 Å². The molecule has 2 N–H and O–H groups in total. The number of hydrogen-bond donors (Lipinski definition) is 2. The number of halogens is 1. The lowest BCUT2D eigenvalue weighted by molar-refractivity contribution is 0.235. The molecule has 1 unspecified atom stereocenters. The van der Waals surface area contributed by atoms with E-state index >= 15 is 0 Å². The third kappa shape index (κ3) is 6.30. The van der Waals surface area contributed by atoms with E-state index in [0.717, 1.165) is 30.4 Å². The van der Waals surface area contributed by atoms with E-state index in [0.29, 0.717) is 6.54 Å². The number of nitrogens with zero attached hydrogens (tertiary/aromatic N) is 1. The monoisotopic (exact) mass is 481 g/mol. The van der Waals surface area contributed by atoms with Crippen LogP contribution in [0.25, 0.3) is 0 Å². The SMILES string of the molecule is CN=C(NCc1ccc(OC(C)C)cc1)NCC1Cc2ccccc2O1.I. The number of benzene rings is 2. The number of hydrogen-bond acceptors (Lipinski definition) is 3. The predicted octanol–water partition coefficient (Wildman–Crippen LogP) is 3.76. The molecule has 3 rings (SSSR count). The Bertz CT molecular complexity index is 722. The molecule has 0 spiro atoms. The Morgan fingerprint density at radius 3 is 2.56 bits per heavy atom. The number of guanidine groups is 1. The largest absolute Gasteiger partial charge is 0.491 e. The summed E-state index contributed by atoms with van der Waals surface area (Å²) in [7, 11) is 1.78. The molecule has 6 heteroatoms. The summed E-state index contributed by atoms with van der Waals surface area (Å²) >= 11 is 0. The molecule has 27 heavy (non-hydrogen) atoms. The van der Waals surface area contributed by atoms with Crippen molar-refractivity contribution in [1.82, 2.24) is 10.6 Å². The molecule has 1 atom stereocenters. The van der Waals surface area contributed by atoms with Crippen LogP contribution in [0.5, 0.6) is 11.5 Å². The lowest BCUT2D eigenvalue weighted by Gasteiger charge is -2.16. The second-order valence-corrected chi connectivity index (χ2v) is 6.67. The zero-order valence-electron chi connectivity index (χ0n) is 16.1. The Hall–Kier alpha value is -1.96. The number of nitrogens with one attached hydrogen (secondary N) is 2. The number of ether oxygens (including phenoxy) is 2. The van der Waals surface area contributed by atoms with Crippen LogP contribution in [0.4, 0.5) is 0 Å². The molecule has 146 valence electrons. The molecule has 1 aliphatic rings. The molecule has 0 aliphatic carbocycles. The number of para-hydroxylation sites is 1. The van der Waals surface area contributed by atoms with Gasteiger partial charge < -0.3 is 20.1 Å². The number of aliphatic imine (C=N–C) groups is 1. The van der Waals surface area contributed by atoms with Crippen LogP contribution in [0.1, 0.15) is 25.0 Å². The van der Waals surface area contributed by atoms with Gasteiger partial charge in [-0.15, -0.1) is 24.0 Å². The minimum absolute atomic E-state index is 0. The van der Waals surface area contributed by atoms with E-state index in [2.05, 4.69) is 39.9 Å². The van der Waals surface area contributed by atoms with Crippen LogP contribution in [-0.4, -0.2) is 31.8 Å². The molecular formula is C21H28IN3O2. The van der Waals surface area contributed by atoms with Crippen LogP contribution in [0.2, 0.25) is 0 Å². The van der Waals surface area contributed by atoms with E-state index in [-0.39, 0.29) is 36.2 Å². The Balaban J connectivity index is 0.00000261. The van der Waals surface area contributed by atoms with Gasteiger partial charge >= 0.3 is 0 Å². The highest BCUT2D eigenvalue weighted by Gasteiger charge is 2.22. The summed E-state index contributed by atoms with van der Waals surface area (Å²) in [5.74, 6) is 2.65. The maximum atomic E-state index is 5.95. The summed E-state index contributed by atoms with van der Waals surface area (Å²) in [6, 6.07) is 16.3. The van der Waals surface area contributed by atoms with Crippen LogP contribution >= 0.6 is 24.0 Å². The lowest BCUT2D eigenvalue weighted by atomic mass is 10.1. The van der Waals surface area contributed by atoms with Crippen LogP contribution in [-0.2, 0) is 13.0 Å². The summed E-state index contributed by atoms with van der Waals surface area (Å²) in [5.41, 5.74) is 2.44. The summed E-state index contributed by atoms with van der Waals surface area (Å²) in [4.78, 5) is 4.28. The van der Waals surface area contributed by atoms with Crippen LogP contribution in [0.15, 0.2) is 53.5 Å². The van der Waals surface area contributed by atoms with E-state index < -0.39 is 0 Å². The maximum absolute atomic E-state index is 5.95. The molecule has 0 fully saturated rings. The third-order valence-electron chi connectivity index (χ3n) is 4.19. The zero-order valence-corrected chi connectivity index (χ0v) is 18.4. The summed E-state index contributed by atoms with van der Waals surface area (Å²) in [5, 5.41) is 6.68. The van der Waals surface area contributed by atoms with Crippen molar-refractivity contribution in [3.05, 3.63) is 59.7 Å². The highest BCUT2D eigenvalue weighted by molar-refractivity contribution is 14.0. The molecule has 0 saturated carbocycles. The Morgan fingerprint density at radius 1 is 1.15 bits per heavy atom. The van der Waals surface area contributed by atoms with Crippen molar-refractivity contribution >= 4 is 29.9 Å². The van der Waals surface area contributed by atoms with Gasteiger partial charge in [-0.05, 0) is 43.2 Å². The Labute approximate surface area is 178 Å². The molecule has 1 aliphatic heterocycles. The van der Waals surface area contributed by atoms with E-state index in [1.54, 1.807) is 7.05 Å². The van der Waals surface area contributed by atoms with Gasteiger partial charge in [-0.25, -0.2) is 0 Å². The van der Waals surface area contributed by atoms with Crippen molar-refractivity contribution < 1.29 is 9.47 Å². The summed E-state index contributed by atoms with van der Waals surface area (Å²) in [6.45, 7) is 5.47. The van der Waals surface area contributed by atoms with E-state index in [9.17, 15) is 0 Å². The molecule has 1 heterocycles. The van der Waals surface area contributed by atoms with Crippen molar-refractivity contribution in [3.8, 4) is 11.5 Å². The Morgan fingerprint density at radius 2 is 1.89 bits per heavy atom. The Kier molecular flexibility index (Phi) is 8.22. The van der Waals surface area contributed by atoms with Crippen molar-refractivity contribution in [2.75, 3.05) is 13.6 Å². The van der Waals surface area contributed by atoms with E-state index in [1.165, 1.54) is 11.1 Å².